The highest BCUT2D eigenvalue weighted by atomic mass is 19.4. The molecule has 1 N–H and O–H groups in total. The minimum absolute atomic E-state index is 0.307. The summed E-state index contributed by atoms with van der Waals surface area (Å²) in [6.45, 7) is 2.08. The second-order valence-corrected chi connectivity index (χ2v) is 5.80. The molecule has 1 aliphatic carbocycles. The maximum Gasteiger partial charge on any atom is 0.416 e. The van der Waals surface area contributed by atoms with E-state index in [-0.39, 0.29) is 0 Å². The van der Waals surface area contributed by atoms with E-state index in [4.69, 9.17) is 0 Å². The van der Waals surface area contributed by atoms with Crippen LogP contribution in [0.15, 0.2) is 24.3 Å². The van der Waals surface area contributed by atoms with E-state index in [1.165, 1.54) is 6.07 Å². The number of halogens is 3. The van der Waals surface area contributed by atoms with Crippen molar-refractivity contribution < 1.29 is 18.3 Å². The van der Waals surface area contributed by atoms with Gasteiger partial charge in [-0.2, -0.15) is 13.2 Å². The molecule has 2 rings (SSSR count). The molecule has 1 aliphatic rings. The van der Waals surface area contributed by atoms with Crippen LogP contribution in [0, 0.1) is 5.92 Å². The van der Waals surface area contributed by atoms with Gasteiger partial charge in [0.15, 0.2) is 0 Å². The highest BCUT2D eigenvalue weighted by Crippen LogP contribution is 2.36. The third-order valence-electron chi connectivity index (χ3n) is 3.85. The van der Waals surface area contributed by atoms with Crippen molar-refractivity contribution in [1.82, 2.24) is 0 Å². The number of benzene rings is 1. The summed E-state index contributed by atoms with van der Waals surface area (Å²) < 4.78 is 37.9. The molecule has 0 aliphatic heterocycles. The van der Waals surface area contributed by atoms with Crippen molar-refractivity contribution in [3.8, 4) is 0 Å². The molecular weight excluding hydrogens is 253 g/mol. The van der Waals surface area contributed by atoms with Gasteiger partial charge in [0, 0.05) is 6.42 Å². The number of aliphatic hydroxyl groups is 1. The van der Waals surface area contributed by atoms with Crippen LogP contribution in [0.2, 0.25) is 0 Å². The number of hydrogen-bond acceptors (Lipinski definition) is 1. The fraction of sp³-hybridized carbons (Fsp3) is 0.600. The summed E-state index contributed by atoms with van der Waals surface area (Å²) in [5.41, 5.74) is -0.925. The van der Waals surface area contributed by atoms with Gasteiger partial charge in [-0.05, 0) is 30.4 Å². The highest BCUT2D eigenvalue weighted by Gasteiger charge is 2.34. The van der Waals surface area contributed by atoms with Crippen molar-refractivity contribution in [1.29, 1.82) is 0 Å². The summed E-state index contributed by atoms with van der Waals surface area (Å²) in [4.78, 5) is 0. The first kappa shape index (κ1) is 14.4. The molecule has 0 heterocycles. The Morgan fingerprint density at radius 1 is 1.37 bits per heavy atom. The van der Waals surface area contributed by atoms with Crippen LogP contribution in [0.1, 0.15) is 43.7 Å². The van der Waals surface area contributed by atoms with Crippen LogP contribution in [0.4, 0.5) is 13.2 Å². The summed E-state index contributed by atoms with van der Waals surface area (Å²) in [7, 11) is 0. The van der Waals surface area contributed by atoms with Crippen molar-refractivity contribution >= 4 is 0 Å². The van der Waals surface area contributed by atoms with Crippen LogP contribution >= 0.6 is 0 Å². The molecule has 1 aromatic carbocycles. The Balaban J connectivity index is 2.15. The van der Waals surface area contributed by atoms with Gasteiger partial charge < -0.3 is 5.11 Å². The molecule has 0 aromatic heterocycles. The Morgan fingerprint density at radius 3 is 2.74 bits per heavy atom. The van der Waals surface area contributed by atoms with E-state index in [0.717, 1.165) is 25.0 Å². The number of rotatable bonds is 2. The normalized spacial score (nSPS) is 28.4. The average molecular weight is 272 g/mol. The van der Waals surface area contributed by atoms with Crippen molar-refractivity contribution in [2.24, 2.45) is 5.92 Å². The molecule has 0 amide bonds. The van der Waals surface area contributed by atoms with E-state index in [1.54, 1.807) is 6.07 Å². The molecule has 1 aromatic rings. The van der Waals surface area contributed by atoms with E-state index in [9.17, 15) is 18.3 Å². The Morgan fingerprint density at radius 2 is 2.11 bits per heavy atom. The SMILES string of the molecule is CC1CCCC(O)(Cc2cccc(C(F)(F)F)c2)C1. The molecule has 1 nitrogen and oxygen atoms in total. The lowest BCUT2D eigenvalue weighted by Gasteiger charge is -2.35. The molecule has 19 heavy (non-hydrogen) atoms. The maximum absolute atomic E-state index is 12.6. The van der Waals surface area contributed by atoms with Gasteiger partial charge in [0.05, 0.1) is 11.2 Å². The zero-order valence-electron chi connectivity index (χ0n) is 11.0. The lowest BCUT2D eigenvalue weighted by Crippen LogP contribution is -2.36. The van der Waals surface area contributed by atoms with Crippen LogP contribution in [-0.4, -0.2) is 10.7 Å². The molecule has 0 bridgehead atoms. The predicted molar refractivity (Wildman–Crippen MR) is 67.7 cm³/mol. The van der Waals surface area contributed by atoms with Crippen molar-refractivity contribution in [2.75, 3.05) is 0 Å². The summed E-state index contributed by atoms with van der Waals surface area (Å²) >= 11 is 0. The summed E-state index contributed by atoms with van der Waals surface area (Å²) in [5, 5.41) is 10.5. The second kappa shape index (κ2) is 5.16. The van der Waals surface area contributed by atoms with Crippen LogP contribution in [0.25, 0.3) is 0 Å². The fourth-order valence-electron chi connectivity index (χ4n) is 3.03. The fourth-order valence-corrected chi connectivity index (χ4v) is 3.03. The van der Waals surface area contributed by atoms with Gasteiger partial charge in [-0.25, -0.2) is 0 Å². The third kappa shape index (κ3) is 3.72. The Labute approximate surface area is 111 Å². The first-order valence-electron chi connectivity index (χ1n) is 6.67. The van der Waals surface area contributed by atoms with Gasteiger partial charge in [0.25, 0.3) is 0 Å². The molecular formula is C15H19F3O. The van der Waals surface area contributed by atoms with Crippen LogP contribution in [-0.2, 0) is 12.6 Å². The van der Waals surface area contributed by atoms with E-state index < -0.39 is 17.3 Å². The minimum atomic E-state index is -4.32. The summed E-state index contributed by atoms with van der Waals surface area (Å²) in [6, 6.07) is 5.29. The Hall–Kier alpha value is -1.03. The molecule has 0 radical (unpaired) electrons. The zero-order valence-corrected chi connectivity index (χ0v) is 11.0. The van der Waals surface area contributed by atoms with Crippen LogP contribution in [0.3, 0.4) is 0 Å². The lowest BCUT2D eigenvalue weighted by molar-refractivity contribution is -0.137. The highest BCUT2D eigenvalue weighted by molar-refractivity contribution is 5.27. The lowest BCUT2D eigenvalue weighted by atomic mass is 9.76. The molecule has 0 saturated heterocycles. The van der Waals surface area contributed by atoms with Crippen molar-refractivity contribution in [2.45, 2.75) is 50.8 Å². The van der Waals surface area contributed by atoms with Gasteiger partial charge in [-0.1, -0.05) is 38.0 Å². The van der Waals surface area contributed by atoms with Crippen LogP contribution < -0.4 is 0 Å². The Kier molecular flexibility index (Phi) is 3.90. The molecule has 2 atom stereocenters. The van der Waals surface area contributed by atoms with Gasteiger partial charge in [0.2, 0.25) is 0 Å². The third-order valence-corrected chi connectivity index (χ3v) is 3.85. The monoisotopic (exact) mass is 272 g/mol. The topological polar surface area (TPSA) is 20.2 Å². The Bertz CT molecular complexity index is 441. The molecule has 0 spiro atoms. The predicted octanol–water partition coefficient (Wildman–Crippen LogP) is 4.19. The smallest absolute Gasteiger partial charge is 0.390 e. The first-order chi connectivity index (χ1) is 8.78. The summed E-state index contributed by atoms with van der Waals surface area (Å²) in [5.74, 6) is 0.435. The van der Waals surface area contributed by atoms with Crippen molar-refractivity contribution in [3.63, 3.8) is 0 Å². The van der Waals surface area contributed by atoms with E-state index in [1.807, 2.05) is 0 Å². The molecule has 2 unspecified atom stereocenters. The number of alkyl halides is 3. The standard InChI is InChI=1S/C15H19F3O/c1-11-4-3-7-14(19,9-11)10-12-5-2-6-13(8-12)15(16,17)18/h2,5-6,8,11,19H,3-4,7,9-10H2,1H3. The molecule has 1 saturated carbocycles. The second-order valence-electron chi connectivity index (χ2n) is 5.80. The van der Waals surface area contributed by atoms with Gasteiger partial charge in [0.1, 0.15) is 0 Å². The van der Waals surface area contributed by atoms with E-state index in [2.05, 4.69) is 6.92 Å². The van der Waals surface area contributed by atoms with E-state index in [0.29, 0.717) is 30.7 Å². The number of hydrogen-bond donors (Lipinski definition) is 1. The van der Waals surface area contributed by atoms with Gasteiger partial charge >= 0.3 is 6.18 Å². The first-order valence-corrected chi connectivity index (χ1v) is 6.67. The van der Waals surface area contributed by atoms with Gasteiger partial charge in [-0.3, -0.25) is 0 Å². The quantitative estimate of drug-likeness (QED) is 0.856. The maximum atomic E-state index is 12.6. The molecule has 106 valence electrons. The largest absolute Gasteiger partial charge is 0.416 e. The molecule has 4 heteroatoms. The van der Waals surface area contributed by atoms with Crippen molar-refractivity contribution in [3.05, 3.63) is 35.4 Å². The van der Waals surface area contributed by atoms with E-state index >= 15 is 0 Å². The summed E-state index contributed by atoms with van der Waals surface area (Å²) in [6.07, 6.45) is -0.641. The minimum Gasteiger partial charge on any atom is -0.390 e. The molecule has 1 fully saturated rings. The average Bonchev–Trinajstić information content (AvgIpc) is 2.27. The van der Waals surface area contributed by atoms with Gasteiger partial charge in [-0.15, -0.1) is 0 Å². The van der Waals surface area contributed by atoms with Crippen LogP contribution in [0.5, 0.6) is 0 Å². The zero-order chi connectivity index (χ0) is 14.1.